The van der Waals surface area contributed by atoms with Gasteiger partial charge in [0.2, 0.25) is 5.89 Å². The van der Waals surface area contributed by atoms with Crippen LogP contribution in [0.15, 0.2) is 36.8 Å². The smallest absolute Gasteiger partial charge is 0.223 e. The summed E-state index contributed by atoms with van der Waals surface area (Å²) in [4.78, 5) is 4.10. The quantitative estimate of drug-likeness (QED) is 0.470. The summed E-state index contributed by atoms with van der Waals surface area (Å²) in [6.45, 7) is 1.71. The summed E-state index contributed by atoms with van der Waals surface area (Å²) < 4.78 is 23.3. The van der Waals surface area contributed by atoms with Crippen molar-refractivity contribution in [3.63, 3.8) is 0 Å². The van der Waals surface area contributed by atoms with E-state index in [4.69, 9.17) is 14.6 Å². The summed E-state index contributed by atoms with van der Waals surface area (Å²) in [5.74, 6) is 1.09. The average molecular weight is 430 g/mol. The fraction of sp³-hybridized carbons (Fsp3) is 0.214. The van der Waals surface area contributed by atoms with Crippen molar-refractivity contribution in [3.8, 4) is 0 Å². The molecule has 0 fully saturated rings. The Bertz CT molecular complexity index is 885. The van der Waals surface area contributed by atoms with Crippen molar-refractivity contribution >= 4 is 33.4 Å². The maximum absolute atomic E-state index is 13.3. The second-order valence-electron chi connectivity index (χ2n) is 4.84. The van der Waals surface area contributed by atoms with Gasteiger partial charge in [-0.1, -0.05) is 23.0 Å². The summed E-state index contributed by atoms with van der Waals surface area (Å²) in [6.07, 6.45) is 0.280. The predicted molar refractivity (Wildman–Crippen MR) is 91.1 cm³/mol. The SMILES string of the molecule is Cc1nc(CSc2nonc2C(=N)Cc2ccc(F)c(Br)c2)no1.O. The Balaban J connectivity index is 0.00000225. The van der Waals surface area contributed by atoms with E-state index in [1.165, 1.54) is 17.8 Å². The van der Waals surface area contributed by atoms with Crippen LogP contribution in [-0.4, -0.2) is 31.6 Å². The van der Waals surface area contributed by atoms with E-state index < -0.39 is 0 Å². The van der Waals surface area contributed by atoms with Gasteiger partial charge in [-0.05, 0) is 43.9 Å². The molecule has 0 saturated carbocycles. The zero-order valence-electron chi connectivity index (χ0n) is 12.9. The highest BCUT2D eigenvalue weighted by atomic mass is 79.9. The molecule has 1 aromatic carbocycles. The molecule has 0 saturated heterocycles. The van der Waals surface area contributed by atoms with Crippen LogP contribution < -0.4 is 0 Å². The molecule has 0 atom stereocenters. The Labute approximate surface area is 154 Å². The van der Waals surface area contributed by atoms with Crippen LogP contribution in [-0.2, 0) is 12.2 Å². The third-order valence-corrected chi connectivity index (χ3v) is 4.57. The monoisotopic (exact) mass is 429 g/mol. The zero-order valence-corrected chi connectivity index (χ0v) is 15.3. The van der Waals surface area contributed by atoms with Crippen LogP contribution in [0.5, 0.6) is 0 Å². The van der Waals surface area contributed by atoms with Crippen LogP contribution in [0.4, 0.5) is 4.39 Å². The summed E-state index contributed by atoms with van der Waals surface area (Å²) in [5.41, 5.74) is 1.35. The lowest BCUT2D eigenvalue weighted by atomic mass is 10.1. The first-order valence-electron chi connectivity index (χ1n) is 6.79. The highest BCUT2D eigenvalue weighted by molar-refractivity contribution is 9.10. The van der Waals surface area contributed by atoms with Gasteiger partial charge in [-0.3, -0.25) is 0 Å². The first kappa shape index (κ1) is 19.2. The third-order valence-electron chi connectivity index (χ3n) is 3.02. The molecule has 2 heterocycles. The summed E-state index contributed by atoms with van der Waals surface area (Å²) in [6, 6.07) is 4.60. The number of halogens is 2. The van der Waals surface area contributed by atoms with E-state index in [0.717, 1.165) is 5.56 Å². The predicted octanol–water partition coefficient (Wildman–Crippen LogP) is 2.74. The maximum Gasteiger partial charge on any atom is 0.223 e. The van der Waals surface area contributed by atoms with E-state index in [1.807, 2.05) is 0 Å². The molecule has 0 aliphatic rings. The summed E-state index contributed by atoms with van der Waals surface area (Å²) >= 11 is 4.44. The molecule has 11 heteroatoms. The van der Waals surface area contributed by atoms with E-state index in [1.54, 1.807) is 19.1 Å². The van der Waals surface area contributed by atoms with Crippen LogP contribution in [0.25, 0.3) is 0 Å². The minimum absolute atomic E-state index is 0. The van der Waals surface area contributed by atoms with Gasteiger partial charge in [-0.25, -0.2) is 9.02 Å². The summed E-state index contributed by atoms with van der Waals surface area (Å²) in [5, 5.41) is 20.1. The number of thioether (sulfide) groups is 1. The van der Waals surface area contributed by atoms with Gasteiger partial charge in [0, 0.05) is 13.3 Å². The number of nitrogens with zero attached hydrogens (tertiary/aromatic N) is 4. The Morgan fingerprint density at radius 2 is 2.12 bits per heavy atom. The lowest BCUT2D eigenvalue weighted by Gasteiger charge is -2.03. The highest BCUT2D eigenvalue weighted by Crippen LogP contribution is 2.24. The number of nitrogens with one attached hydrogen (secondary N) is 1. The van der Waals surface area contributed by atoms with Crippen molar-refractivity contribution in [2.45, 2.75) is 24.1 Å². The van der Waals surface area contributed by atoms with Gasteiger partial charge in [0.05, 0.1) is 15.9 Å². The first-order chi connectivity index (χ1) is 11.5. The second-order valence-corrected chi connectivity index (χ2v) is 6.66. The minimum Gasteiger partial charge on any atom is -0.412 e. The van der Waals surface area contributed by atoms with Gasteiger partial charge in [0.1, 0.15) is 5.82 Å². The van der Waals surface area contributed by atoms with Crippen LogP contribution >= 0.6 is 27.7 Å². The molecule has 0 spiro atoms. The molecule has 0 amide bonds. The molecular weight excluding hydrogens is 417 g/mol. The molecule has 2 aromatic heterocycles. The van der Waals surface area contributed by atoms with Crippen LogP contribution in [0.3, 0.4) is 0 Å². The van der Waals surface area contributed by atoms with Crippen LogP contribution in [0, 0.1) is 18.2 Å². The molecule has 0 radical (unpaired) electrons. The lowest BCUT2D eigenvalue weighted by molar-refractivity contribution is 0.298. The van der Waals surface area contributed by atoms with E-state index >= 15 is 0 Å². The number of hydrogen-bond acceptors (Lipinski definition) is 8. The van der Waals surface area contributed by atoms with Crippen molar-refractivity contribution < 1.29 is 19.0 Å². The molecule has 0 bridgehead atoms. The normalized spacial score (nSPS) is 10.5. The standard InChI is InChI=1S/C14H11BrFN5O2S.H2O/c1-7-18-12(19-22-7)6-24-14-13(20-23-21-14)11(17)5-8-2-3-10(16)9(15)4-8;/h2-4,17H,5-6H2,1H3;1H2. The molecular formula is C14H13BrFN5O3S. The topological polar surface area (TPSA) is 133 Å². The van der Waals surface area contributed by atoms with Crippen LogP contribution in [0.2, 0.25) is 0 Å². The maximum atomic E-state index is 13.3. The number of rotatable bonds is 6. The number of aromatic nitrogens is 4. The highest BCUT2D eigenvalue weighted by Gasteiger charge is 2.17. The van der Waals surface area contributed by atoms with Crippen molar-refractivity contribution in [2.24, 2.45) is 0 Å². The van der Waals surface area contributed by atoms with E-state index in [2.05, 4.69) is 36.4 Å². The van der Waals surface area contributed by atoms with Crippen molar-refractivity contribution in [1.29, 1.82) is 5.41 Å². The largest absolute Gasteiger partial charge is 0.412 e. The molecule has 0 aliphatic carbocycles. The Morgan fingerprint density at radius 3 is 2.80 bits per heavy atom. The fourth-order valence-electron chi connectivity index (χ4n) is 1.93. The second kappa shape index (κ2) is 8.32. The van der Waals surface area contributed by atoms with Gasteiger partial charge in [0.25, 0.3) is 0 Å². The Kier molecular flexibility index (Phi) is 6.39. The Hall–Kier alpha value is -2.11. The third kappa shape index (κ3) is 4.71. The number of hydrogen-bond donors (Lipinski definition) is 1. The number of benzene rings is 1. The molecule has 0 aliphatic heterocycles. The first-order valence-corrected chi connectivity index (χ1v) is 8.57. The zero-order chi connectivity index (χ0) is 17.1. The molecule has 132 valence electrons. The Morgan fingerprint density at radius 1 is 1.32 bits per heavy atom. The van der Waals surface area contributed by atoms with Gasteiger partial charge >= 0.3 is 0 Å². The van der Waals surface area contributed by atoms with Gasteiger partial charge < -0.3 is 15.4 Å². The molecule has 8 nitrogen and oxygen atoms in total. The molecule has 3 N–H and O–H groups in total. The molecule has 3 rings (SSSR count). The molecule has 0 unspecified atom stereocenters. The average Bonchev–Trinajstić information content (AvgIpc) is 3.17. The van der Waals surface area contributed by atoms with Gasteiger partial charge in [0.15, 0.2) is 16.5 Å². The lowest BCUT2D eigenvalue weighted by Crippen LogP contribution is -2.06. The van der Waals surface area contributed by atoms with Crippen molar-refractivity contribution in [2.75, 3.05) is 0 Å². The fourth-order valence-corrected chi connectivity index (χ4v) is 3.12. The minimum atomic E-state index is -0.347. The van der Waals surface area contributed by atoms with E-state index in [-0.39, 0.29) is 23.4 Å². The van der Waals surface area contributed by atoms with Crippen LogP contribution in [0.1, 0.15) is 23.0 Å². The van der Waals surface area contributed by atoms with E-state index in [0.29, 0.717) is 32.7 Å². The van der Waals surface area contributed by atoms with Gasteiger partial charge in [-0.2, -0.15) is 4.98 Å². The number of aryl methyl sites for hydroxylation is 1. The van der Waals surface area contributed by atoms with E-state index in [9.17, 15) is 4.39 Å². The summed E-state index contributed by atoms with van der Waals surface area (Å²) in [7, 11) is 0. The van der Waals surface area contributed by atoms with Gasteiger partial charge in [-0.15, -0.1) is 0 Å². The molecule has 25 heavy (non-hydrogen) atoms. The molecule has 3 aromatic rings. The van der Waals surface area contributed by atoms with Crippen molar-refractivity contribution in [3.05, 3.63) is 51.5 Å². The van der Waals surface area contributed by atoms with Crippen molar-refractivity contribution in [1.82, 2.24) is 20.5 Å².